The molecule has 0 aromatic carbocycles. The highest BCUT2D eigenvalue weighted by molar-refractivity contribution is 14.1. The molecule has 0 spiro atoms. The predicted molar refractivity (Wildman–Crippen MR) is 58.5 cm³/mol. The average molecular weight is 297 g/mol. The first-order valence-electron chi connectivity index (χ1n) is 3.89. The van der Waals surface area contributed by atoms with E-state index in [9.17, 15) is 0 Å². The van der Waals surface area contributed by atoms with Crippen LogP contribution in [0.5, 0.6) is 0 Å². The molecule has 4 heteroatoms. The fraction of sp³-hybridized carbons (Fsp3) is 0.500. The first kappa shape index (κ1) is 10.2. The van der Waals surface area contributed by atoms with E-state index in [1.807, 2.05) is 6.92 Å². The molecule has 0 saturated heterocycles. The highest BCUT2D eigenvalue weighted by atomic mass is 127. The summed E-state index contributed by atoms with van der Waals surface area (Å²) in [6.07, 6.45) is 1.75. The van der Waals surface area contributed by atoms with E-state index in [0.29, 0.717) is 5.15 Å². The summed E-state index contributed by atoms with van der Waals surface area (Å²) in [5.74, 6) is 0.831. The van der Waals surface area contributed by atoms with E-state index in [1.54, 1.807) is 0 Å². The second-order valence-corrected chi connectivity index (χ2v) is 3.84. The van der Waals surface area contributed by atoms with Gasteiger partial charge in [0, 0.05) is 6.42 Å². The third kappa shape index (κ3) is 2.07. The van der Waals surface area contributed by atoms with Gasteiger partial charge in [-0.3, -0.25) is 0 Å². The van der Waals surface area contributed by atoms with Gasteiger partial charge >= 0.3 is 0 Å². The van der Waals surface area contributed by atoms with Crippen molar-refractivity contribution in [1.29, 1.82) is 0 Å². The number of aryl methyl sites for hydroxylation is 2. The number of rotatable bonds is 2. The van der Waals surface area contributed by atoms with Crippen LogP contribution in [0.25, 0.3) is 0 Å². The number of aromatic nitrogens is 2. The Balaban J connectivity index is 3.19. The molecule has 0 aliphatic heterocycles. The standard InChI is InChI=1S/C8H10ClIN2/c1-3-5-7(10)8(9)12-6(4-2)11-5/h3-4H2,1-2H3. The lowest BCUT2D eigenvalue weighted by molar-refractivity contribution is 0.878. The lowest BCUT2D eigenvalue weighted by atomic mass is 10.3. The van der Waals surface area contributed by atoms with Crippen molar-refractivity contribution in [3.8, 4) is 0 Å². The van der Waals surface area contributed by atoms with Gasteiger partial charge in [-0.2, -0.15) is 0 Å². The van der Waals surface area contributed by atoms with Crippen LogP contribution >= 0.6 is 34.2 Å². The molecule has 0 amide bonds. The summed E-state index contributed by atoms with van der Waals surface area (Å²) in [5, 5.41) is 0.583. The zero-order valence-electron chi connectivity index (χ0n) is 7.06. The molecule has 1 heterocycles. The van der Waals surface area contributed by atoms with Gasteiger partial charge in [0.05, 0.1) is 9.26 Å². The highest BCUT2D eigenvalue weighted by Crippen LogP contribution is 2.19. The maximum absolute atomic E-state index is 5.92. The van der Waals surface area contributed by atoms with Gasteiger partial charge < -0.3 is 0 Å². The summed E-state index contributed by atoms with van der Waals surface area (Å²) in [4.78, 5) is 8.51. The van der Waals surface area contributed by atoms with Crippen molar-refractivity contribution in [1.82, 2.24) is 9.97 Å². The predicted octanol–water partition coefficient (Wildman–Crippen LogP) is 2.86. The minimum Gasteiger partial charge on any atom is -0.237 e. The Bertz CT molecular complexity index is 289. The minimum absolute atomic E-state index is 0.583. The molecule has 0 bridgehead atoms. The van der Waals surface area contributed by atoms with Crippen molar-refractivity contribution >= 4 is 34.2 Å². The normalized spacial score (nSPS) is 10.3. The van der Waals surface area contributed by atoms with Crippen LogP contribution in [-0.4, -0.2) is 9.97 Å². The van der Waals surface area contributed by atoms with Gasteiger partial charge in [-0.05, 0) is 29.0 Å². The second-order valence-electron chi connectivity index (χ2n) is 2.40. The number of halogens is 2. The Labute approximate surface area is 90.9 Å². The molecule has 0 aliphatic carbocycles. The molecule has 0 radical (unpaired) electrons. The van der Waals surface area contributed by atoms with Crippen molar-refractivity contribution < 1.29 is 0 Å². The molecule has 0 N–H and O–H groups in total. The summed E-state index contributed by atoms with van der Waals surface area (Å²) in [6, 6.07) is 0. The van der Waals surface area contributed by atoms with Crippen molar-refractivity contribution in [3.05, 3.63) is 20.2 Å². The number of hydrogen-bond donors (Lipinski definition) is 0. The monoisotopic (exact) mass is 296 g/mol. The Morgan fingerprint density at radius 3 is 2.42 bits per heavy atom. The maximum atomic E-state index is 5.92. The summed E-state index contributed by atoms with van der Waals surface area (Å²) in [5.41, 5.74) is 1.05. The van der Waals surface area contributed by atoms with E-state index in [0.717, 1.165) is 27.9 Å². The summed E-state index contributed by atoms with van der Waals surface area (Å²) >= 11 is 8.10. The van der Waals surface area contributed by atoms with Crippen LogP contribution in [0.4, 0.5) is 0 Å². The zero-order valence-corrected chi connectivity index (χ0v) is 9.98. The van der Waals surface area contributed by atoms with Gasteiger partial charge in [-0.1, -0.05) is 25.4 Å². The molecule has 1 aromatic rings. The molecule has 0 aliphatic rings. The SMILES string of the molecule is CCc1nc(Cl)c(I)c(CC)n1. The van der Waals surface area contributed by atoms with Crippen LogP contribution in [-0.2, 0) is 12.8 Å². The molecule has 1 rings (SSSR count). The highest BCUT2D eigenvalue weighted by Gasteiger charge is 2.07. The first-order chi connectivity index (χ1) is 5.69. The van der Waals surface area contributed by atoms with Gasteiger partial charge in [0.25, 0.3) is 0 Å². The molecule has 66 valence electrons. The van der Waals surface area contributed by atoms with Gasteiger partial charge in [0.15, 0.2) is 0 Å². The van der Waals surface area contributed by atoms with Crippen molar-refractivity contribution in [2.45, 2.75) is 26.7 Å². The second kappa shape index (κ2) is 4.37. The van der Waals surface area contributed by atoms with E-state index >= 15 is 0 Å². The Morgan fingerprint density at radius 2 is 1.92 bits per heavy atom. The van der Waals surface area contributed by atoms with E-state index < -0.39 is 0 Å². The smallest absolute Gasteiger partial charge is 0.146 e. The lowest BCUT2D eigenvalue weighted by Crippen LogP contribution is -2.01. The molecular formula is C8H10ClIN2. The minimum atomic E-state index is 0.583. The molecule has 1 aromatic heterocycles. The van der Waals surface area contributed by atoms with E-state index in [1.165, 1.54) is 0 Å². The summed E-state index contributed by atoms with van der Waals surface area (Å²) in [6.45, 7) is 4.10. The van der Waals surface area contributed by atoms with E-state index in [2.05, 4.69) is 39.5 Å². The van der Waals surface area contributed by atoms with Crippen molar-refractivity contribution in [3.63, 3.8) is 0 Å². The third-order valence-corrected chi connectivity index (χ3v) is 3.30. The molecular weight excluding hydrogens is 286 g/mol. The van der Waals surface area contributed by atoms with Crippen molar-refractivity contribution in [2.75, 3.05) is 0 Å². The van der Waals surface area contributed by atoms with Gasteiger partial charge in [-0.25, -0.2) is 9.97 Å². The maximum Gasteiger partial charge on any atom is 0.146 e. The Hall–Kier alpha value is 0.1000. The van der Waals surface area contributed by atoms with Crippen LogP contribution in [0.2, 0.25) is 5.15 Å². The van der Waals surface area contributed by atoms with Crippen LogP contribution < -0.4 is 0 Å². The van der Waals surface area contributed by atoms with Gasteiger partial charge in [0.2, 0.25) is 0 Å². The van der Waals surface area contributed by atoms with Gasteiger partial charge in [0.1, 0.15) is 11.0 Å². The fourth-order valence-electron chi connectivity index (χ4n) is 0.904. The van der Waals surface area contributed by atoms with Crippen molar-refractivity contribution in [2.24, 2.45) is 0 Å². The average Bonchev–Trinajstić information content (AvgIpc) is 2.09. The lowest BCUT2D eigenvalue weighted by Gasteiger charge is -2.04. The number of nitrogens with zero attached hydrogens (tertiary/aromatic N) is 2. The fourth-order valence-corrected chi connectivity index (χ4v) is 1.73. The van der Waals surface area contributed by atoms with Gasteiger partial charge in [-0.15, -0.1) is 0 Å². The van der Waals surface area contributed by atoms with E-state index in [-0.39, 0.29) is 0 Å². The van der Waals surface area contributed by atoms with Crippen LogP contribution in [0.3, 0.4) is 0 Å². The van der Waals surface area contributed by atoms with E-state index in [4.69, 9.17) is 11.6 Å². The van der Waals surface area contributed by atoms with Crippen LogP contribution in [0.1, 0.15) is 25.4 Å². The quantitative estimate of drug-likeness (QED) is 0.619. The topological polar surface area (TPSA) is 25.8 Å². The largest absolute Gasteiger partial charge is 0.237 e. The first-order valence-corrected chi connectivity index (χ1v) is 5.35. The Morgan fingerprint density at radius 1 is 1.25 bits per heavy atom. The molecule has 0 fully saturated rings. The number of hydrogen-bond acceptors (Lipinski definition) is 2. The molecule has 0 saturated carbocycles. The molecule has 0 atom stereocenters. The summed E-state index contributed by atoms with van der Waals surface area (Å²) < 4.78 is 0.981. The Kier molecular flexibility index (Phi) is 3.71. The third-order valence-electron chi connectivity index (χ3n) is 1.58. The molecule has 12 heavy (non-hydrogen) atoms. The van der Waals surface area contributed by atoms with Crippen LogP contribution in [0, 0.1) is 3.57 Å². The zero-order chi connectivity index (χ0) is 9.14. The summed E-state index contributed by atoms with van der Waals surface area (Å²) in [7, 11) is 0. The van der Waals surface area contributed by atoms with Crippen LogP contribution in [0.15, 0.2) is 0 Å². The molecule has 0 unspecified atom stereocenters. The molecule has 2 nitrogen and oxygen atoms in total.